The molecule has 24 heavy (non-hydrogen) atoms. The first kappa shape index (κ1) is 16.5. The molecule has 1 aliphatic carbocycles. The van der Waals surface area contributed by atoms with Gasteiger partial charge >= 0.3 is 0 Å². The molecule has 0 radical (unpaired) electrons. The second-order valence-electron chi connectivity index (χ2n) is 6.51. The summed E-state index contributed by atoms with van der Waals surface area (Å²) >= 11 is 0. The number of hydrogen-bond acceptors (Lipinski definition) is 2. The number of nitrogens with zero attached hydrogens (tertiary/aromatic N) is 1. The third-order valence-corrected chi connectivity index (χ3v) is 4.86. The van der Waals surface area contributed by atoms with E-state index in [1.165, 1.54) is 28.5 Å². The molecule has 1 amide bonds. The molecule has 4 heteroatoms. The number of nitrogens with one attached hydrogen (secondary N) is 1. The van der Waals surface area contributed by atoms with Gasteiger partial charge in [-0.05, 0) is 60.9 Å². The molecule has 0 bridgehead atoms. The molecule has 4 nitrogen and oxygen atoms in total. The van der Waals surface area contributed by atoms with E-state index in [-0.39, 0.29) is 23.1 Å². The maximum Gasteiger partial charge on any atom is 0.263 e. The van der Waals surface area contributed by atoms with Crippen LogP contribution in [0.2, 0.25) is 0 Å². The number of carbonyl (C=O) groups is 1. The van der Waals surface area contributed by atoms with Crippen LogP contribution in [0, 0.1) is 0 Å². The molecule has 0 spiro atoms. The van der Waals surface area contributed by atoms with Crippen LogP contribution in [0.25, 0.3) is 0 Å². The van der Waals surface area contributed by atoms with Crippen LogP contribution in [0.4, 0.5) is 0 Å². The Morgan fingerprint density at radius 2 is 1.96 bits per heavy atom. The minimum absolute atomic E-state index is 0.0744. The van der Waals surface area contributed by atoms with Crippen LogP contribution in [0.5, 0.6) is 0 Å². The van der Waals surface area contributed by atoms with Crippen LogP contribution in [0.15, 0.2) is 41.3 Å². The van der Waals surface area contributed by atoms with Crippen molar-refractivity contribution in [2.45, 2.75) is 45.1 Å². The van der Waals surface area contributed by atoms with Gasteiger partial charge in [0, 0.05) is 13.2 Å². The summed E-state index contributed by atoms with van der Waals surface area (Å²) in [6.07, 6.45) is 7.21. The van der Waals surface area contributed by atoms with Crippen molar-refractivity contribution in [3.63, 3.8) is 0 Å². The zero-order chi connectivity index (χ0) is 17.1. The van der Waals surface area contributed by atoms with E-state index in [0.29, 0.717) is 0 Å². The van der Waals surface area contributed by atoms with E-state index >= 15 is 0 Å². The lowest BCUT2D eigenvalue weighted by molar-refractivity contribution is 0.0933. The zero-order valence-electron chi connectivity index (χ0n) is 14.3. The lowest BCUT2D eigenvalue weighted by Gasteiger charge is -2.21. The lowest BCUT2D eigenvalue weighted by Crippen LogP contribution is -2.34. The molecule has 1 aromatic heterocycles. The second-order valence-corrected chi connectivity index (χ2v) is 6.51. The van der Waals surface area contributed by atoms with Crippen molar-refractivity contribution in [3.8, 4) is 0 Å². The monoisotopic (exact) mass is 324 g/mol. The first-order valence-electron chi connectivity index (χ1n) is 8.68. The van der Waals surface area contributed by atoms with Crippen LogP contribution in [-0.4, -0.2) is 10.5 Å². The number of amides is 1. The Morgan fingerprint density at radius 3 is 2.71 bits per heavy atom. The van der Waals surface area contributed by atoms with Crippen LogP contribution in [-0.2, 0) is 19.9 Å². The summed E-state index contributed by atoms with van der Waals surface area (Å²) in [5.74, 6) is -0.305. The fraction of sp³-hybridized carbons (Fsp3) is 0.400. The van der Waals surface area contributed by atoms with Crippen molar-refractivity contribution in [2.75, 3.05) is 0 Å². The Balaban J connectivity index is 1.83. The number of aromatic nitrogens is 1. The number of carbonyl (C=O) groups excluding carboxylic acids is 1. The molecule has 1 aliphatic rings. The fourth-order valence-electron chi connectivity index (χ4n) is 3.40. The SMILES string of the molecule is CCC(NC(=O)c1cccn(C)c1=O)c1ccc2c(c1)CCCC2. The van der Waals surface area contributed by atoms with Gasteiger partial charge in [0.25, 0.3) is 11.5 Å². The first-order chi connectivity index (χ1) is 11.6. The molecule has 0 fully saturated rings. The highest BCUT2D eigenvalue weighted by Gasteiger charge is 2.18. The van der Waals surface area contributed by atoms with E-state index in [9.17, 15) is 9.59 Å². The second kappa shape index (κ2) is 7.04. The van der Waals surface area contributed by atoms with Gasteiger partial charge in [0.05, 0.1) is 6.04 Å². The topological polar surface area (TPSA) is 51.1 Å². The molecule has 1 N–H and O–H groups in total. The van der Waals surface area contributed by atoms with Gasteiger partial charge < -0.3 is 9.88 Å². The highest BCUT2D eigenvalue weighted by atomic mass is 16.2. The number of rotatable bonds is 4. The summed E-state index contributed by atoms with van der Waals surface area (Å²) in [5.41, 5.74) is 3.89. The van der Waals surface area contributed by atoms with Crippen molar-refractivity contribution in [3.05, 3.63) is 69.1 Å². The number of aryl methyl sites for hydroxylation is 3. The van der Waals surface area contributed by atoms with E-state index in [0.717, 1.165) is 24.8 Å². The van der Waals surface area contributed by atoms with Crippen molar-refractivity contribution >= 4 is 5.91 Å². The van der Waals surface area contributed by atoms with Gasteiger partial charge in [-0.2, -0.15) is 0 Å². The molecule has 1 heterocycles. The molecule has 1 atom stereocenters. The number of fused-ring (bicyclic) bond motifs is 1. The Hall–Kier alpha value is -2.36. The Morgan fingerprint density at radius 1 is 1.21 bits per heavy atom. The largest absolute Gasteiger partial charge is 0.345 e. The molecule has 1 aromatic carbocycles. The van der Waals surface area contributed by atoms with Crippen LogP contribution in [0.1, 0.15) is 59.3 Å². The summed E-state index contributed by atoms with van der Waals surface area (Å²) < 4.78 is 1.43. The third kappa shape index (κ3) is 3.28. The highest BCUT2D eigenvalue weighted by molar-refractivity contribution is 5.94. The van der Waals surface area contributed by atoms with E-state index in [2.05, 4.69) is 23.5 Å². The van der Waals surface area contributed by atoms with Gasteiger partial charge in [-0.15, -0.1) is 0 Å². The van der Waals surface area contributed by atoms with Crippen molar-refractivity contribution < 1.29 is 4.79 Å². The smallest absolute Gasteiger partial charge is 0.263 e. The average molecular weight is 324 g/mol. The normalized spacial score (nSPS) is 14.8. The van der Waals surface area contributed by atoms with E-state index in [4.69, 9.17) is 0 Å². The van der Waals surface area contributed by atoms with Crippen molar-refractivity contribution in [2.24, 2.45) is 7.05 Å². The summed E-state index contributed by atoms with van der Waals surface area (Å²) in [7, 11) is 1.65. The Kier molecular flexibility index (Phi) is 4.84. The van der Waals surface area contributed by atoms with Gasteiger partial charge in [-0.25, -0.2) is 0 Å². The van der Waals surface area contributed by atoms with Gasteiger partial charge in [-0.1, -0.05) is 25.1 Å². The standard InChI is InChI=1S/C20H24N2O2/c1-3-18(16-11-10-14-7-4-5-8-15(14)13-16)21-19(23)17-9-6-12-22(2)20(17)24/h6,9-13,18H,3-5,7-8H2,1-2H3,(H,21,23). The van der Waals surface area contributed by atoms with Gasteiger partial charge in [0.15, 0.2) is 0 Å². The molecular weight excluding hydrogens is 300 g/mol. The predicted octanol–water partition coefficient (Wildman–Crippen LogP) is 3.15. The molecule has 0 aliphatic heterocycles. The quantitative estimate of drug-likeness (QED) is 0.939. The molecule has 3 rings (SSSR count). The molecule has 0 saturated heterocycles. The van der Waals surface area contributed by atoms with Gasteiger partial charge in [0.2, 0.25) is 0 Å². The number of benzene rings is 1. The molecule has 2 aromatic rings. The van der Waals surface area contributed by atoms with E-state index in [1.807, 2.05) is 6.92 Å². The minimum Gasteiger partial charge on any atom is -0.345 e. The minimum atomic E-state index is -0.305. The molecule has 1 unspecified atom stereocenters. The Bertz CT molecular complexity index is 808. The molecule has 0 saturated carbocycles. The summed E-state index contributed by atoms with van der Waals surface area (Å²) in [6, 6.07) is 9.76. The van der Waals surface area contributed by atoms with Gasteiger partial charge in [-0.3, -0.25) is 9.59 Å². The molecule has 126 valence electrons. The maximum absolute atomic E-state index is 12.5. The number of hydrogen-bond donors (Lipinski definition) is 1. The van der Waals surface area contributed by atoms with Crippen LogP contribution >= 0.6 is 0 Å². The predicted molar refractivity (Wildman–Crippen MR) is 95.3 cm³/mol. The summed E-state index contributed by atoms with van der Waals surface area (Å²) in [5, 5.41) is 3.02. The third-order valence-electron chi connectivity index (χ3n) is 4.86. The van der Waals surface area contributed by atoms with Crippen molar-refractivity contribution in [1.82, 2.24) is 9.88 Å². The average Bonchev–Trinajstić information content (AvgIpc) is 2.61. The lowest BCUT2D eigenvalue weighted by atomic mass is 9.88. The van der Waals surface area contributed by atoms with Crippen LogP contribution in [0.3, 0.4) is 0 Å². The maximum atomic E-state index is 12.5. The first-order valence-corrected chi connectivity index (χ1v) is 8.68. The summed E-state index contributed by atoms with van der Waals surface area (Å²) in [6.45, 7) is 2.05. The fourth-order valence-corrected chi connectivity index (χ4v) is 3.40. The van der Waals surface area contributed by atoms with Crippen molar-refractivity contribution in [1.29, 1.82) is 0 Å². The van der Waals surface area contributed by atoms with Crippen LogP contribution < -0.4 is 10.9 Å². The van der Waals surface area contributed by atoms with Gasteiger partial charge in [0.1, 0.15) is 5.56 Å². The zero-order valence-corrected chi connectivity index (χ0v) is 14.3. The van der Waals surface area contributed by atoms with E-state index < -0.39 is 0 Å². The number of pyridine rings is 1. The highest BCUT2D eigenvalue weighted by Crippen LogP contribution is 2.26. The van der Waals surface area contributed by atoms with E-state index in [1.54, 1.807) is 25.4 Å². The summed E-state index contributed by atoms with van der Waals surface area (Å²) in [4.78, 5) is 24.6. The Labute approximate surface area is 142 Å². The molecular formula is C20H24N2O2.